The van der Waals surface area contributed by atoms with Crippen LogP contribution >= 0.6 is 0 Å². The second-order valence-corrected chi connectivity index (χ2v) is 8.26. The Morgan fingerprint density at radius 2 is 1.61 bits per heavy atom. The van der Waals surface area contributed by atoms with Crippen molar-refractivity contribution in [2.24, 2.45) is 5.73 Å². The molecule has 6 nitrogen and oxygen atoms in total. The molecule has 0 radical (unpaired) electrons. The number of carboxylic acid groups (broad SMARTS) is 1. The summed E-state index contributed by atoms with van der Waals surface area (Å²) >= 11 is 0. The van der Waals surface area contributed by atoms with Gasteiger partial charge >= 0.3 is 5.97 Å². The van der Waals surface area contributed by atoms with Gasteiger partial charge in [0.15, 0.2) is 0 Å². The Morgan fingerprint density at radius 1 is 0.968 bits per heavy atom. The van der Waals surface area contributed by atoms with Crippen molar-refractivity contribution < 1.29 is 19.5 Å². The number of benzene rings is 2. The molecule has 1 atom stereocenters. The maximum atomic E-state index is 12.1. The van der Waals surface area contributed by atoms with Gasteiger partial charge in [0.05, 0.1) is 12.3 Å². The number of carbonyl (C=O) groups is 3. The number of primary amides is 1. The van der Waals surface area contributed by atoms with Crippen LogP contribution in [0.15, 0.2) is 48.5 Å². The van der Waals surface area contributed by atoms with E-state index in [1.54, 1.807) is 24.3 Å². The number of nitrogens with two attached hydrogens (primary N) is 1. The standard InChI is InChI=1S/C25H30N2O4/c26-24(30)22(20-12-10-19(11-13-20)18-4-2-1-3-5-18)16-17-6-8-21(9-7-17)25(31)27-15-14-23(28)29/h6-13,18,22H,1-5,14-16H2,(H2,26,30)(H,27,31)(H,28,29). The number of nitrogens with one attached hydrogen (secondary N) is 1. The molecule has 1 aliphatic rings. The van der Waals surface area contributed by atoms with Crippen LogP contribution in [0.1, 0.15) is 77.4 Å². The molecule has 3 rings (SSSR count). The monoisotopic (exact) mass is 422 g/mol. The molecular formula is C25H30N2O4. The quantitative estimate of drug-likeness (QED) is 0.572. The molecule has 1 fully saturated rings. The van der Waals surface area contributed by atoms with Crippen LogP contribution in [-0.2, 0) is 16.0 Å². The average molecular weight is 423 g/mol. The number of hydrogen-bond donors (Lipinski definition) is 3. The number of amides is 2. The second-order valence-electron chi connectivity index (χ2n) is 8.26. The zero-order valence-electron chi connectivity index (χ0n) is 17.7. The fourth-order valence-corrected chi connectivity index (χ4v) is 4.23. The zero-order chi connectivity index (χ0) is 22.2. The van der Waals surface area contributed by atoms with Crippen molar-refractivity contribution in [3.05, 3.63) is 70.8 Å². The van der Waals surface area contributed by atoms with E-state index >= 15 is 0 Å². The minimum atomic E-state index is -0.958. The molecular weight excluding hydrogens is 392 g/mol. The molecule has 0 aromatic heterocycles. The van der Waals surface area contributed by atoms with Crippen LogP contribution in [0.25, 0.3) is 0 Å². The van der Waals surface area contributed by atoms with Gasteiger partial charge in [0.1, 0.15) is 0 Å². The number of carboxylic acids is 1. The molecule has 0 aliphatic heterocycles. The molecule has 0 bridgehead atoms. The lowest BCUT2D eigenvalue weighted by Crippen LogP contribution is -2.26. The smallest absolute Gasteiger partial charge is 0.305 e. The van der Waals surface area contributed by atoms with Crippen LogP contribution in [0, 0.1) is 0 Å². The maximum Gasteiger partial charge on any atom is 0.305 e. The van der Waals surface area contributed by atoms with Gasteiger partial charge < -0.3 is 16.2 Å². The molecule has 4 N–H and O–H groups in total. The summed E-state index contributed by atoms with van der Waals surface area (Å²) in [4.78, 5) is 34.8. The summed E-state index contributed by atoms with van der Waals surface area (Å²) in [7, 11) is 0. The van der Waals surface area contributed by atoms with Crippen molar-refractivity contribution in [2.75, 3.05) is 6.54 Å². The Bertz CT molecular complexity index is 900. The minimum absolute atomic E-state index is 0.0799. The number of hydrogen-bond acceptors (Lipinski definition) is 3. The van der Waals surface area contributed by atoms with E-state index in [-0.39, 0.29) is 24.8 Å². The lowest BCUT2D eigenvalue weighted by Gasteiger charge is -2.22. The molecule has 2 amide bonds. The summed E-state index contributed by atoms with van der Waals surface area (Å²) in [5, 5.41) is 11.2. The molecule has 164 valence electrons. The maximum absolute atomic E-state index is 12.1. The SMILES string of the molecule is NC(=O)C(Cc1ccc(C(=O)NCCC(=O)O)cc1)c1ccc(C2CCCCC2)cc1. The Morgan fingerprint density at radius 3 is 2.19 bits per heavy atom. The highest BCUT2D eigenvalue weighted by Gasteiger charge is 2.20. The van der Waals surface area contributed by atoms with Gasteiger partial charge in [-0.15, -0.1) is 0 Å². The van der Waals surface area contributed by atoms with E-state index in [0.717, 1.165) is 11.1 Å². The van der Waals surface area contributed by atoms with E-state index in [1.165, 1.54) is 37.7 Å². The summed E-state index contributed by atoms with van der Waals surface area (Å²) in [5.74, 6) is -1.47. The van der Waals surface area contributed by atoms with Crippen LogP contribution in [0.5, 0.6) is 0 Å². The predicted molar refractivity (Wildman–Crippen MR) is 119 cm³/mol. The molecule has 6 heteroatoms. The van der Waals surface area contributed by atoms with Gasteiger partial charge in [0.2, 0.25) is 5.91 Å². The first-order chi connectivity index (χ1) is 14.9. The van der Waals surface area contributed by atoms with Crippen molar-refractivity contribution in [1.82, 2.24) is 5.32 Å². The Hall–Kier alpha value is -3.15. The lowest BCUT2D eigenvalue weighted by atomic mass is 9.83. The van der Waals surface area contributed by atoms with E-state index in [9.17, 15) is 14.4 Å². The summed E-state index contributed by atoms with van der Waals surface area (Å²) in [6.07, 6.45) is 6.68. The minimum Gasteiger partial charge on any atom is -0.481 e. The molecule has 2 aromatic rings. The summed E-state index contributed by atoms with van der Waals surface area (Å²) in [6.45, 7) is 0.0799. The Labute approximate surface area is 182 Å². The molecule has 1 unspecified atom stereocenters. The predicted octanol–water partition coefficient (Wildman–Crippen LogP) is 3.75. The third kappa shape index (κ3) is 6.41. The highest BCUT2D eigenvalue weighted by atomic mass is 16.4. The zero-order valence-corrected chi connectivity index (χ0v) is 17.7. The summed E-state index contributed by atoms with van der Waals surface area (Å²) in [6, 6.07) is 15.3. The summed E-state index contributed by atoms with van der Waals surface area (Å²) in [5.41, 5.74) is 9.30. The van der Waals surface area contributed by atoms with E-state index in [0.29, 0.717) is 17.9 Å². The van der Waals surface area contributed by atoms with E-state index in [4.69, 9.17) is 10.8 Å². The second kappa shape index (κ2) is 10.8. The Balaban J connectivity index is 1.64. The van der Waals surface area contributed by atoms with Crippen LogP contribution in [-0.4, -0.2) is 29.4 Å². The highest BCUT2D eigenvalue weighted by Crippen LogP contribution is 2.33. The molecule has 31 heavy (non-hydrogen) atoms. The van der Waals surface area contributed by atoms with Crippen LogP contribution in [0.4, 0.5) is 0 Å². The highest BCUT2D eigenvalue weighted by molar-refractivity contribution is 5.94. The summed E-state index contributed by atoms with van der Waals surface area (Å²) < 4.78 is 0. The van der Waals surface area contributed by atoms with E-state index in [2.05, 4.69) is 17.4 Å². The van der Waals surface area contributed by atoms with Gasteiger partial charge in [-0.05, 0) is 54.0 Å². The third-order valence-corrected chi connectivity index (χ3v) is 6.04. The van der Waals surface area contributed by atoms with Gasteiger partial charge in [0, 0.05) is 12.1 Å². The topological polar surface area (TPSA) is 109 Å². The van der Waals surface area contributed by atoms with Gasteiger partial charge in [-0.25, -0.2) is 0 Å². The van der Waals surface area contributed by atoms with E-state index < -0.39 is 11.9 Å². The molecule has 1 saturated carbocycles. The van der Waals surface area contributed by atoms with Gasteiger partial charge in [-0.3, -0.25) is 14.4 Å². The van der Waals surface area contributed by atoms with Crippen LogP contribution in [0.2, 0.25) is 0 Å². The van der Waals surface area contributed by atoms with Gasteiger partial charge in [0.25, 0.3) is 5.91 Å². The van der Waals surface area contributed by atoms with Gasteiger partial charge in [-0.1, -0.05) is 55.7 Å². The van der Waals surface area contributed by atoms with Crippen LogP contribution < -0.4 is 11.1 Å². The van der Waals surface area contributed by atoms with Crippen molar-refractivity contribution in [1.29, 1.82) is 0 Å². The molecule has 0 spiro atoms. The van der Waals surface area contributed by atoms with Crippen molar-refractivity contribution in [3.8, 4) is 0 Å². The van der Waals surface area contributed by atoms with E-state index in [1.807, 2.05) is 12.1 Å². The van der Waals surface area contributed by atoms with Crippen molar-refractivity contribution >= 4 is 17.8 Å². The molecule has 0 saturated heterocycles. The fraction of sp³-hybridized carbons (Fsp3) is 0.400. The molecule has 0 heterocycles. The fourth-order valence-electron chi connectivity index (χ4n) is 4.23. The van der Waals surface area contributed by atoms with Gasteiger partial charge in [-0.2, -0.15) is 0 Å². The molecule has 1 aliphatic carbocycles. The van der Waals surface area contributed by atoms with Crippen LogP contribution in [0.3, 0.4) is 0 Å². The molecule has 2 aromatic carbocycles. The first-order valence-electron chi connectivity index (χ1n) is 10.9. The number of carbonyl (C=O) groups excluding carboxylic acids is 2. The first-order valence-corrected chi connectivity index (χ1v) is 10.9. The number of aliphatic carboxylic acids is 1. The van der Waals surface area contributed by atoms with Crippen molar-refractivity contribution in [2.45, 2.75) is 56.8 Å². The van der Waals surface area contributed by atoms with Crippen molar-refractivity contribution in [3.63, 3.8) is 0 Å². The largest absolute Gasteiger partial charge is 0.481 e. The lowest BCUT2D eigenvalue weighted by molar-refractivity contribution is -0.136. The number of rotatable bonds is 9. The first kappa shape index (κ1) is 22.5. The third-order valence-electron chi connectivity index (χ3n) is 6.04. The Kier molecular flexibility index (Phi) is 7.82. The average Bonchev–Trinajstić information content (AvgIpc) is 2.78. The normalized spacial score (nSPS) is 15.2.